The number of halogens is 1. The number of aromatic nitrogens is 6. The minimum absolute atomic E-state index is 0.394. The summed E-state index contributed by atoms with van der Waals surface area (Å²) in [6.45, 7) is 4.55. The SMILES string of the molecule is Cc1nn(-c2cc(N)[nH]c3nn(CCC4CC4)c(-c4ccc(C#N)cc4)c3ccn2)c(C)c1Cl. The Balaban J connectivity index is 1.69. The van der Waals surface area contributed by atoms with Gasteiger partial charge in [0, 0.05) is 29.8 Å². The molecule has 3 aromatic heterocycles. The number of nitrogens with two attached hydrogens (primary N) is 1. The number of anilines is 1. The molecule has 0 saturated heterocycles. The molecule has 1 saturated carbocycles. The fourth-order valence-corrected chi connectivity index (χ4v) is 4.22. The van der Waals surface area contributed by atoms with E-state index in [4.69, 9.17) is 22.4 Å². The molecule has 1 aromatic carbocycles. The van der Waals surface area contributed by atoms with Crippen LogP contribution in [0.1, 0.15) is 36.2 Å². The van der Waals surface area contributed by atoms with Gasteiger partial charge in [0.15, 0.2) is 11.5 Å². The van der Waals surface area contributed by atoms with Crippen LogP contribution in [0.4, 0.5) is 5.82 Å². The highest BCUT2D eigenvalue weighted by atomic mass is 35.5. The van der Waals surface area contributed by atoms with Gasteiger partial charge in [-0.05, 0) is 44.4 Å². The normalized spacial score (nSPS) is 13.1. The third kappa shape index (κ3) is 4.22. The fourth-order valence-electron chi connectivity index (χ4n) is 4.11. The average Bonchev–Trinajstić information content (AvgIpc) is 3.54. The van der Waals surface area contributed by atoms with E-state index in [1.807, 2.05) is 48.9 Å². The minimum Gasteiger partial charge on any atom is -0.385 e. The highest BCUT2D eigenvalue weighted by molar-refractivity contribution is 6.31. The highest BCUT2D eigenvalue weighted by Gasteiger charge is 2.22. The maximum atomic E-state index is 9.20. The minimum atomic E-state index is 0.394. The van der Waals surface area contributed by atoms with E-state index < -0.39 is 0 Å². The van der Waals surface area contributed by atoms with Gasteiger partial charge in [0.2, 0.25) is 0 Å². The van der Waals surface area contributed by atoms with Crippen molar-refractivity contribution in [2.75, 3.05) is 5.73 Å². The molecule has 4 aromatic rings. The molecule has 9 heteroatoms. The van der Waals surface area contributed by atoms with E-state index in [-0.39, 0.29) is 0 Å². The third-order valence-electron chi connectivity index (χ3n) is 6.14. The zero-order valence-corrected chi connectivity index (χ0v) is 19.8. The number of H-pyrrole nitrogens is 1. The summed E-state index contributed by atoms with van der Waals surface area (Å²) in [5.74, 6) is 1.71. The standard InChI is InChI=1S/C25H25ClN8/c1-15-23(26)16(2)34(31-15)22-13-21(28)30-25-20(9-11-29-22)24(19-7-5-18(14-27)6-8-19)33(32-25)12-10-17-3-4-17/h5-9,11,13,17H,3-4,10,12,28H2,1-2H3,(H,30,32). The zero-order chi connectivity index (χ0) is 23.8. The summed E-state index contributed by atoms with van der Waals surface area (Å²) < 4.78 is 3.71. The number of aryl methyl sites for hydroxylation is 2. The number of aromatic amines is 1. The van der Waals surface area contributed by atoms with Crippen LogP contribution >= 0.6 is 11.6 Å². The van der Waals surface area contributed by atoms with Crippen molar-refractivity contribution in [3.63, 3.8) is 0 Å². The summed E-state index contributed by atoms with van der Waals surface area (Å²) in [6.07, 6.45) is 5.39. The summed E-state index contributed by atoms with van der Waals surface area (Å²) in [5, 5.41) is 20.1. The van der Waals surface area contributed by atoms with E-state index in [0.29, 0.717) is 27.9 Å². The molecular formula is C25H25ClN8. The lowest BCUT2D eigenvalue weighted by atomic mass is 10.1. The first-order valence-corrected chi connectivity index (χ1v) is 11.6. The van der Waals surface area contributed by atoms with E-state index in [1.54, 1.807) is 16.9 Å². The van der Waals surface area contributed by atoms with Crippen LogP contribution in [0.15, 0.2) is 42.6 Å². The Kier molecular flexibility index (Phi) is 5.72. The number of hydrogen-bond acceptors (Lipinski definition) is 5. The number of fused-ring (bicyclic) bond motifs is 1. The summed E-state index contributed by atoms with van der Waals surface area (Å²) >= 11 is 6.34. The molecule has 0 radical (unpaired) electrons. The van der Waals surface area contributed by atoms with Gasteiger partial charge in [-0.15, -0.1) is 0 Å². The lowest BCUT2D eigenvalue weighted by Crippen LogP contribution is -2.03. The summed E-state index contributed by atoms with van der Waals surface area (Å²) in [5.41, 5.74) is 11.1. The maximum absolute atomic E-state index is 9.20. The van der Waals surface area contributed by atoms with Gasteiger partial charge >= 0.3 is 0 Å². The van der Waals surface area contributed by atoms with Gasteiger partial charge in [0.05, 0.1) is 33.7 Å². The van der Waals surface area contributed by atoms with E-state index in [2.05, 4.69) is 21.1 Å². The Bertz CT molecular complexity index is 1460. The smallest absolute Gasteiger partial charge is 0.161 e. The van der Waals surface area contributed by atoms with Crippen molar-refractivity contribution in [3.05, 3.63) is 64.6 Å². The lowest BCUT2D eigenvalue weighted by molar-refractivity contribution is 0.554. The number of rotatable bonds is 5. The molecule has 0 bridgehead atoms. The number of hydrogen-bond donors (Lipinski definition) is 2. The second-order valence-corrected chi connectivity index (χ2v) is 9.06. The second-order valence-electron chi connectivity index (χ2n) is 8.68. The number of nitrogen functional groups attached to an aromatic ring is 1. The first-order chi connectivity index (χ1) is 16.4. The number of nitrogens with one attached hydrogen (secondary N) is 1. The Hall–Kier alpha value is -3.83. The Morgan fingerprint density at radius 2 is 1.94 bits per heavy atom. The molecule has 1 fully saturated rings. The van der Waals surface area contributed by atoms with Crippen molar-refractivity contribution < 1.29 is 0 Å². The van der Waals surface area contributed by atoms with Crippen LogP contribution in [0.25, 0.3) is 28.1 Å². The van der Waals surface area contributed by atoms with E-state index in [0.717, 1.165) is 46.9 Å². The molecule has 1 aliphatic carbocycles. The van der Waals surface area contributed by atoms with Crippen molar-refractivity contribution in [2.45, 2.75) is 39.7 Å². The van der Waals surface area contributed by atoms with E-state index in [1.165, 1.54) is 12.8 Å². The molecule has 0 unspecified atom stereocenters. The molecule has 1 aliphatic rings. The summed E-state index contributed by atoms with van der Waals surface area (Å²) in [4.78, 5) is 7.88. The van der Waals surface area contributed by atoms with Crippen LogP contribution in [0, 0.1) is 31.1 Å². The molecule has 34 heavy (non-hydrogen) atoms. The van der Waals surface area contributed by atoms with Crippen molar-refractivity contribution in [1.29, 1.82) is 5.26 Å². The van der Waals surface area contributed by atoms with Crippen molar-refractivity contribution in [2.24, 2.45) is 5.92 Å². The van der Waals surface area contributed by atoms with Crippen LogP contribution in [0.5, 0.6) is 0 Å². The van der Waals surface area contributed by atoms with Gasteiger partial charge < -0.3 is 10.7 Å². The lowest BCUT2D eigenvalue weighted by Gasteiger charge is -2.08. The van der Waals surface area contributed by atoms with Crippen molar-refractivity contribution >= 4 is 28.5 Å². The van der Waals surface area contributed by atoms with Crippen molar-refractivity contribution in [1.82, 2.24) is 29.5 Å². The summed E-state index contributed by atoms with van der Waals surface area (Å²) in [6, 6.07) is 13.4. The monoisotopic (exact) mass is 472 g/mol. The molecule has 0 spiro atoms. The zero-order valence-electron chi connectivity index (χ0n) is 19.1. The van der Waals surface area contributed by atoms with Gasteiger partial charge in [0.25, 0.3) is 0 Å². The van der Waals surface area contributed by atoms with Gasteiger partial charge in [-0.2, -0.15) is 15.5 Å². The van der Waals surface area contributed by atoms with Crippen LogP contribution in [-0.4, -0.2) is 29.5 Å². The first kappa shape index (κ1) is 22.0. The summed E-state index contributed by atoms with van der Waals surface area (Å²) in [7, 11) is 0. The first-order valence-electron chi connectivity index (χ1n) is 11.3. The maximum Gasteiger partial charge on any atom is 0.161 e. The van der Waals surface area contributed by atoms with Crippen LogP contribution in [-0.2, 0) is 6.54 Å². The predicted octanol–water partition coefficient (Wildman–Crippen LogP) is 5.26. The second kappa shape index (κ2) is 8.84. The molecular weight excluding hydrogens is 448 g/mol. The average molecular weight is 473 g/mol. The molecule has 5 rings (SSSR count). The van der Waals surface area contributed by atoms with E-state index >= 15 is 0 Å². The van der Waals surface area contributed by atoms with Gasteiger partial charge in [0.1, 0.15) is 5.82 Å². The largest absolute Gasteiger partial charge is 0.385 e. The molecule has 0 atom stereocenters. The van der Waals surface area contributed by atoms with Gasteiger partial charge in [-0.3, -0.25) is 4.68 Å². The quantitative estimate of drug-likeness (QED) is 0.411. The topological polar surface area (TPSA) is 114 Å². The number of nitrogens with zero attached hydrogens (tertiary/aromatic N) is 6. The molecule has 0 amide bonds. The third-order valence-corrected chi connectivity index (χ3v) is 6.68. The molecule has 8 nitrogen and oxygen atoms in total. The van der Waals surface area contributed by atoms with Gasteiger partial charge in [-0.25, -0.2) is 9.67 Å². The highest BCUT2D eigenvalue weighted by Crippen LogP contribution is 2.34. The predicted molar refractivity (Wildman–Crippen MR) is 133 cm³/mol. The Labute approximate surface area is 202 Å². The van der Waals surface area contributed by atoms with Crippen LogP contribution in [0.2, 0.25) is 5.02 Å². The van der Waals surface area contributed by atoms with Crippen molar-refractivity contribution in [3.8, 4) is 23.1 Å². The fraction of sp³-hybridized carbons (Fsp3) is 0.280. The van der Waals surface area contributed by atoms with Crippen LogP contribution < -0.4 is 5.73 Å². The Morgan fingerprint density at radius 3 is 2.59 bits per heavy atom. The van der Waals surface area contributed by atoms with Crippen LogP contribution in [0.3, 0.4) is 0 Å². The van der Waals surface area contributed by atoms with Gasteiger partial charge in [-0.1, -0.05) is 36.6 Å². The van der Waals surface area contributed by atoms with E-state index in [9.17, 15) is 5.26 Å². The molecule has 0 aliphatic heterocycles. The Morgan fingerprint density at radius 1 is 1.18 bits per heavy atom. The molecule has 172 valence electrons. The molecule has 3 heterocycles. The number of nitriles is 1. The number of benzene rings is 1. The molecule has 3 N–H and O–H groups in total.